The standard InChI is InChI=1S/C43H59N2P/c1-34-19-15-17-29-40(34)44-31-32-45(41-30-18-16-20-35(41)2)43(44)42(33-36-21-7-3-8-22-36)46(37-23-9-4-10-24-37,38-25-11-5-12-26-38)39-27-13-6-14-28-39/h3,7-8,15-22,29-30,33,37-39,43,46H,4-6,9-14,23-28,31-32H2,1-2H3/b42-33-. The van der Waals surface area contributed by atoms with Crippen LogP contribution in [0.4, 0.5) is 11.4 Å². The van der Waals surface area contributed by atoms with E-state index < -0.39 is 7.26 Å². The van der Waals surface area contributed by atoms with Gasteiger partial charge in [0, 0.05) is 0 Å². The first-order chi connectivity index (χ1) is 22.7. The molecule has 0 unspecified atom stereocenters. The fraction of sp³-hybridized carbons (Fsp3) is 0.535. The second kappa shape index (κ2) is 14.7. The van der Waals surface area contributed by atoms with E-state index in [0.29, 0.717) is 0 Å². The van der Waals surface area contributed by atoms with Crippen molar-refractivity contribution in [3.8, 4) is 0 Å². The molecule has 4 aliphatic rings. The summed E-state index contributed by atoms with van der Waals surface area (Å²) in [5.74, 6) is 0. The second-order valence-electron chi connectivity index (χ2n) is 15.3. The Balaban J connectivity index is 1.52. The van der Waals surface area contributed by atoms with Crippen LogP contribution >= 0.6 is 7.26 Å². The van der Waals surface area contributed by atoms with E-state index in [1.165, 1.54) is 124 Å². The molecule has 0 bridgehead atoms. The van der Waals surface area contributed by atoms with Gasteiger partial charge in [-0.1, -0.05) is 0 Å². The number of para-hydroxylation sites is 2. The molecule has 4 fully saturated rings. The van der Waals surface area contributed by atoms with Crippen molar-refractivity contribution in [1.29, 1.82) is 0 Å². The van der Waals surface area contributed by atoms with Crippen LogP contribution in [0.25, 0.3) is 6.08 Å². The molecule has 1 heterocycles. The van der Waals surface area contributed by atoms with Crippen molar-refractivity contribution in [1.82, 2.24) is 0 Å². The molecule has 3 heteroatoms. The minimum atomic E-state index is -2.08. The third-order valence-corrected chi connectivity index (χ3v) is 20.0. The van der Waals surface area contributed by atoms with Crippen LogP contribution in [0.5, 0.6) is 0 Å². The average molecular weight is 635 g/mol. The molecular weight excluding hydrogens is 575 g/mol. The summed E-state index contributed by atoms with van der Waals surface area (Å²) in [6.07, 6.45) is 25.0. The summed E-state index contributed by atoms with van der Waals surface area (Å²) in [5.41, 5.74) is 9.90. The zero-order valence-electron chi connectivity index (χ0n) is 28.8. The number of rotatable bonds is 8. The SMILES string of the molecule is Cc1ccccc1N1CCN(c2ccccc2C)C1/C(=C/c1ccccc1)[PH](C1CCCCC1)(C1CCCCC1)C1CCCCC1. The van der Waals surface area contributed by atoms with E-state index in [2.05, 4.69) is 109 Å². The van der Waals surface area contributed by atoms with E-state index >= 15 is 0 Å². The monoisotopic (exact) mass is 634 g/mol. The molecule has 246 valence electrons. The zero-order valence-corrected chi connectivity index (χ0v) is 29.8. The van der Waals surface area contributed by atoms with Crippen molar-refractivity contribution in [2.45, 2.75) is 133 Å². The van der Waals surface area contributed by atoms with Gasteiger partial charge < -0.3 is 0 Å². The molecule has 46 heavy (non-hydrogen) atoms. The Labute approximate surface area is 281 Å². The molecule has 3 aliphatic carbocycles. The summed E-state index contributed by atoms with van der Waals surface area (Å²) in [5, 5.41) is 1.91. The first kappa shape index (κ1) is 32.0. The number of hydrogen-bond acceptors (Lipinski definition) is 2. The molecule has 7 rings (SSSR count). The van der Waals surface area contributed by atoms with Gasteiger partial charge in [0.05, 0.1) is 0 Å². The normalized spacial score (nSPS) is 22.0. The summed E-state index contributed by atoms with van der Waals surface area (Å²) < 4.78 is 0. The van der Waals surface area contributed by atoms with Gasteiger partial charge >= 0.3 is 282 Å². The molecule has 0 aromatic heterocycles. The Bertz CT molecular complexity index is 1350. The van der Waals surface area contributed by atoms with Crippen molar-refractivity contribution in [3.05, 3.63) is 101 Å². The van der Waals surface area contributed by atoms with E-state index in [-0.39, 0.29) is 6.17 Å². The summed E-state index contributed by atoms with van der Waals surface area (Å²) in [7, 11) is -2.08. The van der Waals surface area contributed by atoms with Crippen LogP contribution < -0.4 is 9.80 Å². The molecule has 0 atom stereocenters. The second-order valence-corrected chi connectivity index (χ2v) is 20.2. The van der Waals surface area contributed by atoms with E-state index in [9.17, 15) is 0 Å². The molecule has 1 saturated heterocycles. The summed E-state index contributed by atoms with van der Waals surface area (Å²) in [4.78, 5) is 5.76. The van der Waals surface area contributed by atoms with E-state index in [1.807, 2.05) is 5.31 Å². The maximum absolute atomic E-state index is 2.88. The van der Waals surface area contributed by atoms with Gasteiger partial charge in [0.15, 0.2) is 0 Å². The van der Waals surface area contributed by atoms with Crippen LogP contribution in [-0.2, 0) is 0 Å². The van der Waals surface area contributed by atoms with Gasteiger partial charge in [0.2, 0.25) is 0 Å². The number of anilines is 2. The number of hydrogen-bond donors (Lipinski definition) is 0. The van der Waals surface area contributed by atoms with Crippen LogP contribution in [0.15, 0.2) is 84.2 Å². The molecule has 3 aromatic rings. The molecule has 0 N–H and O–H groups in total. The third-order valence-electron chi connectivity index (χ3n) is 12.8. The number of aryl methyl sites for hydroxylation is 2. The molecule has 0 spiro atoms. The van der Waals surface area contributed by atoms with Gasteiger partial charge in [-0.25, -0.2) is 0 Å². The topological polar surface area (TPSA) is 6.48 Å². The third kappa shape index (κ3) is 6.21. The Morgan fingerprint density at radius 3 is 1.33 bits per heavy atom. The van der Waals surface area contributed by atoms with Crippen molar-refractivity contribution >= 4 is 24.7 Å². The van der Waals surface area contributed by atoms with Gasteiger partial charge in [-0.15, -0.1) is 0 Å². The predicted molar refractivity (Wildman–Crippen MR) is 204 cm³/mol. The van der Waals surface area contributed by atoms with E-state index in [0.717, 1.165) is 30.1 Å². The van der Waals surface area contributed by atoms with Gasteiger partial charge in [-0.2, -0.15) is 0 Å². The zero-order chi connectivity index (χ0) is 31.3. The predicted octanol–water partition coefficient (Wildman–Crippen LogP) is 11.7. The van der Waals surface area contributed by atoms with E-state index in [1.54, 1.807) is 0 Å². The van der Waals surface area contributed by atoms with Crippen molar-refractivity contribution < 1.29 is 0 Å². The Morgan fingerprint density at radius 2 is 0.913 bits per heavy atom. The Kier molecular flexibility index (Phi) is 10.2. The molecule has 0 radical (unpaired) electrons. The molecule has 0 amide bonds. The van der Waals surface area contributed by atoms with Gasteiger partial charge in [-0.3, -0.25) is 0 Å². The van der Waals surface area contributed by atoms with E-state index in [4.69, 9.17) is 0 Å². The number of benzene rings is 3. The molecule has 1 aliphatic heterocycles. The maximum atomic E-state index is 2.88. The van der Waals surface area contributed by atoms with Crippen LogP contribution in [0.1, 0.15) is 113 Å². The number of nitrogens with zero attached hydrogens (tertiary/aromatic N) is 2. The minimum absolute atomic E-state index is 0.278. The fourth-order valence-corrected chi connectivity index (χ4v) is 19.5. The van der Waals surface area contributed by atoms with Crippen molar-refractivity contribution in [3.63, 3.8) is 0 Å². The fourth-order valence-electron chi connectivity index (χ4n) is 10.8. The van der Waals surface area contributed by atoms with Crippen LogP contribution in [-0.4, -0.2) is 36.2 Å². The van der Waals surface area contributed by atoms with Crippen molar-refractivity contribution in [2.24, 2.45) is 0 Å². The first-order valence-electron chi connectivity index (χ1n) is 19.1. The van der Waals surface area contributed by atoms with Gasteiger partial charge in [0.1, 0.15) is 0 Å². The first-order valence-corrected chi connectivity index (χ1v) is 21.3. The Morgan fingerprint density at radius 1 is 0.522 bits per heavy atom. The van der Waals surface area contributed by atoms with Crippen LogP contribution in [0.3, 0.4) is 0 Å². The Hall–Kier alpha value is -2.57. The molecule has 2 nitrogen and oxygen atoms in total. The molecular formula is C43H59N2P. The van der Waals surface area contributed by atoms with Crippen LogP contribution in [0, 0.1) is 13.8 Å². The van der Waals surface area contributed by atoms with Crippen molar-refractivity contribution in [2.75, 3.05) is 22.9 Å². The van der Waals surface area contributed by atoms with Crippen LogP contribution in [0.2, 0.25) is 0 Å². The summed E-state index contributed by atoms with van der Waals surface area (Å²) >= 11 is 0. The quantitative estimate of drug-likeness (QED) is 0.228. The van der Waals surface area contributed by atoms with Gasteiger partial charge in [-0.05, 0) is 0 Å². The average Bonchev–Trinajstić information content (AvgIpc) is 3.54. The summed E-state index contributed by atoms with van der Waals surface area (Å²) in [6, 6.07) is 30.2. The molecule has 3 saturated carbocycles. The summed E-state index contributed by atoms with van der Waals surface area (Å²) in [6.45, 7) is 6.86. The van der Waals surface area contributed by atoms with Gasteiger partial charge in [0.25, 0.3) is 0 Å². The molecule has 3 aromatic carbocycles.